The van der Waals surface area contributed by atoms with E-state index < -0.39 is 26.6 Å². The monoisotopic (exact) mass is 443 g/mol. The van der Waals surface area contributed by atoms with Gasteiger partial charge in [-0.3, -0.25) is 0 Å². The summed E-state index contributed by atoms with van der Waals surface area (Å²) in [5.74, 6) is 0.454. The number of aliphatic hydroxyl groups is 1. The Hall–Kier alpha value is -2.15. The second-order valence-electron chi connectivity index (χ2n) is 9.37. The highest BCUT2D eigenvalue weighted by atomic mass is 28.4. The van der Waals surface area contributed by atoms with E-state index in [1.165, 1.54) is 0 Å². The van der Waals surface area contributed by atoms with Crippen molar-refractivity contribution in [3.05, 3.63) is 71.8 Å². The molecule has 31 heavy (non-hydrogen) atoms. The highest BCUT2D eigenvalue weighted by Gasteiger charge is 2.44. The van der Waals surface area contributed by atoms with E-state index in [1.807, 2.05) is 60.7 Å². The van der Waals surface area contributed by atoms with Crippen molar-refractivity contribution in [3.8, 4) is 0 Å². The van der Waals surface area contributed by atoms with Gasteiger partial charge in [0.15, 0.2) is 8.32 Å². The van der Waals surface area contributed by atoms with Crippen molar-refractivity contribution in [2.24, 2.45) is 5.92 Å². The summed E-state index contributed by atoms with van der Waals surface area (Å²) < 4.78 is 11.8. The molecule has 0 saturated heterocycles. The minimum Gasteiger partial charge on any atom is -0.445 e. The molecule has 0 bridgehead atoms. The number of hydrogen-bond donors (Lipinski definition) is 2. The van der Waals surface area contributed by atoms with Gasteiger partial charge in [0.2, 0.25) is 0 Å². The standard InChI is InChI=1S/C25H37NO4Si/c1-19(2)25(3,4)31(5,6)30-18-22(23(27)21-15-11-8-12-16-21)26-24(28)29-17-20-13-9-7-10-14-20/h7-16,19,22-23,27H,17-18H2,1-6H3,(H,26,28)/t22-,23-/m1/s1. The van der Waals surface area contributed by atoms with E-state index in [1.54, 1.807) is 0 Å². The van der Waals surface area contributed by atoms with Crippen LogP contribution in [0.5, 0.6) is 0 Å². The van der Waals surface area contributed by atoms with E-state index in [0.29, 0.717) is 5.92 Å². The Morgan fingerprint density at radius 2 is 1.58 bits per heavy atom. The molecule has 0 heterocycles. The molecule has 1 amide bonds. The zero-order chi connectivity index (χ0) is 23.1. The molecule has 2 N–H and O–H groups in total. The maximum absolute atomic E-state index is 12.5. The number of benzene rings is 2. The first-order chi connectivity index (χ1) is 14.5. The summed E-state index contributed by atoms with van der Waals surface area (Å²) in [5, 5.41) is 13.8. The Kier molecular flexibility index (Phi) is 8.86. The SMILES string of the molecule is CC(C)C(C)(C)[Si](C)(C)OC[C@@H](NC(=O)OCc1ccccc1)[C@H](O)c1ccccc1. The Balaban J connectivity index is 2.10. The van der Waals surface area contributed by atoms with Crippen molar-refractivity contribution in [1.29, 1.82) is 0 Å². The molecule has 0 aliphatic carbocycles. The molecule has 170 valence electrons. The van der Waals surface area contributed by atoms with Crippen molar-refractivity contribution in [2.75, 3.05) is 6.61 Å². The zero-order valence-electron chi connectivity index (χ0n) is 19.6. The molecule has 0 saturated carbocycles. The lowest BCUT2D eigenvalue weighted by atomic mass is 9.99. The lowest BCUT2D eigenvalue weighted by Crippen LogP contribution is -2.50. The molecule has 0 unspecified atom stereocenters. The molecular formula is C25H37NO4Si. The number of rotatable bonds is 10. The highest BCUT2D eigenvalue weighted by Crippen LogP contribution is 2.44. The number of nitrogens with one attached hydrogen (secondary N) is 1. The van der Waals surface area contributed by atoms with Gasteiger partial charge in [0, 0.05) is 0 Å². The number of carbonyl (C=O) groups excluding carboxylic acids is 1. The van der Waals surface area contributed by atoms with Crippen LogP contribution in [0.25, 0.3) is 0 Å². The van der Waals surface area contributed by atoms with Crippen LogP contribution in [-0.2, 0) is 15.8 Å². The summed E-state index contributed by atoms with van der Waals surface area (Å²) >= 11 is 0. The van der Waals surface area contributed by atoms with Crippen LogP contribution in [0.4, 0.5) is 4.79 Å². The van der Waals surface area contributed by atoms with Gasteiger partial charge >= 0.3 is 6.09 Å². The quantitative estimate of drug-likeness (QED) is 0.464. The molecular weight excluding hydrogens is 406 g/mol. The smallest absolute Gasteiger partial charge is 0.407 e. The molecule has 6 heteroatoms. The fourth-order valence-corrected chi connectivity index (χ4v) is 5.55. The van der Waals surface area contributed by atoms with Gasteiger partial charge in [-0.1, -0.05) is 88.4 Å². The van der Waals surface area contributed by atoms with Crippen molar-refractivity contribution >= 4 is 14.4 Å². The topological polar surface area (TPSA) is 67.8 Å². The average molecular weight is 444 g/mol. The second-order valence-corrected chi connectivity index (χ2v) is 14.0. The highest BCUT2D eigenvalue weighted by molar-refractivity contribution is 6.74. The average Bonchev–Trinajstić information content (AvgIpc) is 2.75. The third-order valence-electron chi connectivity index (χ3n) is 6.66. The first-order valence-electron chi connectivity index (χ1n) is 10.9. The molecule has 2 rings (SSSR count). The molecule has 0 aromatic heterocycles. The molecule has 0 aliphatic rings. The van der Waals surface area contributed by atoms with Crippen molar-refractivity contribution in [2.45, 2.75) is 64.6 Å². The largest absolute Gasteiger partial charge is 0.445 e. The van der Waals surface area contributed by atoms with Gasteiger partial charge in [0.05, 0.1) is 12.6 Å². The number of hydrogen-bond acceptors (Lipinski definition) is 4. The van der Waals surface area contributed by atoms with Crippen LogP contribution in [0.1, 0.15) is 44.9 Å². The number of aliphatic hydroxyl groups excluding tert-OH is 1. The number of carbonyl (C=O) groups is 1. The maximum atomic E-state index is 12.5. The van der Waals surface area contributed by atoms with E-state index in [2.05, 4.69) is 46.1 Å². The number of ether oxygens (including phenoxy) is 1. The van der Waals surface area contributed by atoms with Crippen molar-refractivity contribution in [1.82, 2.24) is 5.32 Å². The van der Waals surface area contributed by atoms with Gasteiger partial charge in [-0.05, 0) is 35.2 Å². The van der Waals surface area contributed by atoms with Crippen LogP contribution in [-0.4, -0.2) is 32.2 Å². The van der Waals surface area contributed by atoms with Gasteiger partial charge in [-0.25, -0.2) is 4.79 Å². The fraction of sp³-hybridized carbons (Fsp3) is 0.480. The fourth-order valence-electron chi connectivity index (χ4n) is 3.19. The van der Waals surface area contributed by atoms with Crippen LogP contribution < -0.4 is 5.32 Å². The van der Waals surface area contributed by atoms with E-state index in [0.717, 1.165) is 11.1 Å². The van der Waals surface area contributed by atoms with Crippen molar-refractivity contribution < 1.29 is 19.1 Å². The lowest BCUT2D eigenvalue weighted by Gasteiger charge is -2.43. The third-order valence-corrected chi connectivity index (χ3v) is 11.2. The van der Waals surface area contributed by atoms with E-state index in [4.69, 9.17) is 9.16 Å². The first kappa shape index (κ1) is 25.1. The summed E-state index contributed by atoms with van der Waals surface area (Å²) in [5.41, 5.74) is 1.63. The molecule has 0 spiro atoms. The molecule has 0 fully saturated rings. The van der Waals surface area contributed by atoms with Crippen LogP contribution in [0, 0.1) is 5.92 Å². The van der Waals surface area contributed by atoms with Gasteiger partial charge in [0.25, 0.3) is 0 Å². The Morgan fingerprint density at radius 3 is 2.13 bits per heavy atom. The van der Waals surface area contributed by atoms with Crippen molar-refractivity contribution in [3.63, 3.8) is 0 Å². The van der Waals surface area contributed by atoms with Gasteiger partial charge in [-0.15, -0.1) is 0 Å². The summed E-state index contributed by atoms with van der Waals surface area (Å²) in [7, 11) is -2.13. The normalized spacial score (nSPS) is 14.2. The Morgan fingerprint density at radius 1 is 1.03 bits per heavy atom. The van der Waals surface area contributed by atoms with Crippen LogP contribution >= 0.6 is 0 Å². The molecule has 2 aromatic carbocycles. The minimum atomic E-state index is -2.13. The minimum absolute atomic E-state index is 0.0308. The molecule has 0 aliphatic heterocycles. The summed E-state index contributed by atoms with van der Waals surface area (Å²) in [6, 6.07) is 18.2. The van der Waals surface area contributed by atoms with Crippen LogP contribution in [0.3, 0.4) is 0 Å². The second kappa shape index (κ2) is 10.9. The van der Waals surface area contributed by atoms with Gasteiger partial charge in [0.1, 0.15) is 12.7 Å². The molecule has 2 atom stereocenters. The van der Waals surface area contributed by atoms with E-state index >= 15 is 0 Å². The van der Waals surface area contributed by atoms with E-state index in [9.17, 15) is 9.90 Å². The van der Waals surface area contributed by atoms with Gasteiger partial charge in [-0.2, -0.15) is 0 Å². The Labute approximate surface area is 187 Å². The Bertz CT molecular complexity index is 809. The zero-order valence-corrected chi connectivity index (χ0v) is 20.6. The third kappa shape index (κ3) is 6.92. The summed E-state index contributed by atoms with van der Waals surface area (Å²) in [6.45, 7) is 13.6. The molecule has 0 radical (unpaired) electrons. The van der Waals surface area contributed by atoms with Crippen LogP contribution in [0.15, 0.2) is 60.7 Å². The van der Waals surface area contributed by atoms with Crippen LogP contribution in [0.2, 0.25) is 18.1 Å². The lowest BCUT2D eigenvalue weighted by molar-refractivity contribution is 0.0777. The van der Waals surface area contributed by atoms with E-state index in [-0.39, 0.29) is 18.3 Å². The summed E-state index contributed by atoms with van der Waals surface area (Å²) in [4.78, 5) is 12.5. The molecule has 5 nitrogen and oxygen atoms in total. The first-order valence-corrected chi connectivity index (χ1v) is 13.8. The predicted octanol–water partition coefficient (Wildman–Crippen LogP) is 5.67. The number of alkyl carbamates (subject to hydrolysis) is 1. The predicted molar refractivity (Wildman–Crippen MR) is 127 cm³/mol. The number of amides is 1. The van der Waals surface area contributed by atoms with Gasteiger partial charge < -0.3 is 19.6 Å². The summed E-state index contributed by atoms with van der Waals surface area (Å²) in [6.07, 6.45) is -1.48. The molecule has 2 aromatic rings. The maximum Gasteiger partial charge on any atom is 0.407 e.